The van der Waals surface area contributed by atoms with Gasteiger partial charge >= 0.3 is 0 Å². The van der Waals surface area contributed by atoms with Gasteiger partial charge in [0, 0.05) is 13.1 Å². The van der Waals surface area contributed by atoms with Crippen LogP contribution in [0.25, 0.3) is 10.2 Å². The Bertz CT molecular complexity index is 911. The van der Waals surface area contributed by atoms with Gasteiger partial charge in [-0.25, -0.2) is 4.98 Å². The molecule has 3 rings (SSSR count). The topological polar surface area (TPSA) is 36.4 Å². The first kappa shape index (κ1) is 20.6. The average molecular weight is 410 g/mol. The summed E-state index contributed by atoms with van der Waals surface area (Å²) in [6.45, 7) is 3.33. The Hall–Kier alpha value is -1.66. The maximum Gasteiger partial charge on any atom is 0.261 e. The molecule has 0 atom stereocenters. The molecule has 2 aromatic carbocycles. The second-order valence-electron chi connectivity index (χ2n) is 6.16. The molecule has 0 saturated carbocycles. The number of benzene rings is 2. The van der Waals surface area contributed by atoms with Gasteiger partial charge in [0.05, 0.1) is 20.8 Å². The van der Waals surface area contributed by atoms with Gasteiger partial charge in [0.1, 0.15) is 0 Å². The summed E-state index contributed by atoms with van der Waals surface area (Å²) in [6.07, 6.45) is 0. The van der Waals surface area contributed by atoms with E-state index in [0.717, 1.165) is 22.3 Å². The summed E-state index contributed by atoms with van der Waals surface area (Å²) in [7, 11) is 3.97. The van der Waals surface area contributed by atoms with Gasteiger partial charge in [0.2, 0.25) is 0 Å². The zero-order chi connectivity index (χ0) is 18.0. The number of halogens is 2. The second-order valence-corrected chi connectivity index (χ2v) is 7.57. The molecule has 0 aliphatic carbocycles. The molecule has 26 heavy (non-hydrogen) atoms. The van der Waals surface area contributed by atoms with Crippen LogP contribution >= 0.6 is 35.3 Å². The number of hydrogen-bond donors (Lipinski definition) is 0. The fourth-order valence-electron chi connectivity index (χ4n) is 2.55. The van der Waals surface area contributed by atoms with E-state index in [1.807, 2.05) is 56.3 Å². The third kappa shape index (κ3) is 4.35. The molecule has 1 amide bonds. The van der Waals surface area contributed by atoms with Crippen LogP contribution in [0.4, 0.5) is 5.13 Å². The lowest BCUT2D eigenvalue weighted by Crippen LogP contribution is -2.36. The molecule has 4 nitrogen and oxygen atoms in total. The molecule has 0 aliphatic heterocycles. The Morgan fingerprint density at radius 1 is 1.12 bits per heavy atom. The van der Waals surface area contributed by atoms with E-state index in [9.17, 15) is 4.79 Å². The van der Waals surface area contributed by atoms with E-state index in [-0.39, 0.29) is 18.3 Å². The Kier molecular flexibility index (Phi) is 7.01. The minimum atomic E-state index is -0.121. The molecule has 0 fully saturated rings. The number of para-hydroxylation sites is 1. The maximum absolute atomic E-state index is 13.1. The van der Waals surface area contributed by atoms with Crippen LogP contribution in [0.15, 0.2) is 42.5 Å². The summed E-state index contributed by atoms with van der Waals surface area (Å²) >= 11 is 7.77. The van der Waals surface area contributed by atoms with E-state index in [4.69, 9.17) is 16.6 Å². The molecule has 7 heteroatoms. The monoisotopic (exact) mass is 409 g/mol. The summed E-state index contributed by atoms with van der Waals surface area (Å²) in [4.78, 5) is 21.6. The Labute approximate surface area is 168 Å². The van der Waals surface area contributed by atoms with Crippen LogP contribution < -0.4 is 4.90 Å². The largest absolute Gasteiger partial charge is 0.308 e. The van der Waals surface area contributed by atoms with E-state index >= 15 is 0 Å². The van der Waals surface area contributed by atoms with Crippen molar-refractivity contribution in [3.63, 3.8) is 0 Å². The van der Waals surface area contributed by atoms with E-state index < -0.39 is 0 Å². The lowest BCUT2D eigenvalue weighted by atomic mass is 10.2. The smallest absolute Gasteiger partial charge is 0.261 e. The first-order valence-corrected chi connectivity index (χ1v) is 9.24. The summed E-state index contributed by atoms with van der Waals surface area (Å²) in [5, 5.41) is 1.16. The van der Waals surface area contributed by atoms with Crippen molar-refractivity contribution in [1.29, 1.82) is 0 Å². The van der Waals surface area contributed by atoms with Crippen molar-refractivity contribution in [3.8, 4) is 0 Å². The summed E-state index contributed by atoms with van der Waals surface area (Å²) in [6, 6.07) is 13.2. The predicted octanol–water partition coefficient (Wildman–Crippen LogP) is 4.89. The SMILES string of the molecule is Cc1cccc2sc(N(CCN(C)C)C(=O)c3ccccc3Cl)nc12.Cl. The fraction of sp³-hybridized carbons (Fsp3) is 0.263. The summed E-state index contributed by atoms with van der Waals surface area (Å²) < 4.78 is 1.08. The number of fused-ring (bicyclic) bond motifs is 1. The average Bonchev–Trinajstić information content (AvgIpc) is 3.00. The number of aryl methyl sites for hydroxylation is 1. The van der Waals surface area contributed by atoms with Gasteiger partial charge in [-0.2, -0.15) is 0 Å². The highest BCUT2D eigenvalue weighted by atomic mass is 35.5. The number of carbonyl (C=O) groups is 1. The quantitative estimate of drug-likeness (QED) is 0.601. The van der Waals surface area contributed by atoms with Crippen molar-refractivity contribution in [2.24, 2.45) is 0 Å². The first-order chi connectivity index (χ1) is 12.0. The molecular formula is C19H21Cl2N3OS. The van der Waals surface area contributed by atoms with Crippen LogP contribution in [0.3, 0.4) is 0 Å². The zero-order valence-electron chi connectivity index (χ0n) is 14.9. The van der Waals surface area contributed by atoms with Crippen LogP contribution in [-0.4, -0.2) is 43.0 Å². The molecule has 0 N–H and O–H groups in total. The number of amides is 1. The third-order valence-electron chi connectivity index (χ3n) is 3.96. The second kappa shape index (κ2) is 8.82. The van der Waals surface area contributed by atoms with E-state index in [1.54, 1.807) is 17.0 Å². The van der Waals surface area contributed by atoms with Crippen LogP contribution in [0.2, 0.25) is 5.02 Å². The molecule has 3 aromatic rings. The van der Waals surface area contributed by atoms with Gasteiger partial charge in [-0.3, -0.25) is 9.69 Å². The van der Waals surface area contributed by atoms with Crippen LogP contribution in [0, 0.1) is 6.92 Å². The number of rotatable bonds is 5. The number of anilines is 1. The van der Waals surface area contributed by atoms with E-state index in [2.05, 4.69) is 0 Å². The number of likely N-dealkylation sites (N-methyl/N-ethyl adjacent to an activating group) is 1. The molecule has 1 heterocycles. The Morgan fingerprint density at radius 2 is 1.85 bits per heavy atom. The molecule has 0 bridgehead atoms. The van der Waals surface area contributed by atoms with Gasteiger partial charge in [0.25, 0.3) is 5.91 Å². The van der Waals surface area contributed by atoms with Crippen molar-refractivity contribution >= 4 is 56.6 Å². The third-order valence-corrected chi connectivity index (χ3v) is 5.33. The summed E-state index contributed by atoms with van der Waals surface area (Å²) in [5.74, 6) is -0.121. The molecule has 0 aliphatic rings. The highest BCUT2D eigenvalue weighted by molar-refractivity contribution is 7.22. The van der Waals surface area contributed by atoms with Gasteiger partial charge in [-0.05, 0) is 44.8 Å². The predicted molar refractivity (Wildman–Crippen MR) is 113 cm³/mol. The zero-order valence-corrected chi connectivity index (χ0v) is 17.3. The lowest BCUT2D eigenvalue weighted by molar-refractivity contribution is 0.0985. The molecule has 0 spiro atoms. The molecule has 0 radical (unpaired) electrons. The molecule has 0 saturated heterocycles. The summed E-state index contributed by atoms with van der Waals surface area (Å²) in [5.41, 5.74) is 2.56. The van der Waals surface area contributed by atoms with Crippen molar-refractivity contribution in [2.75, 3.05) is 32.1 Å². The number of carbonyl (C=O) groups excluding carboxylic acids is 1. The first-order valence-electron chi connectivity index (χ1n) is 8.04. The van der Waals surface area contributed by atoms with Crippen molar-refractivity contribution in [2.45, 2.75) is 6.92 Å². The molecule has 1 aromatic heterocycles. The normalized spacial score (nSPS) is 10.8. The standard InChI is InChI=1S/C19H20ClN3OS.ClH/c1-13-7-6-10-16-17(13)21-19(25-16)23(12-11-22(2)3)18(24)14-8-4-5-9-15(14)20;/h4-10H,11-12H2,1-3H3;1H. The number of thiazole rings is 1. The Morgan fingerprint density at radius 3 is 2.50 bits per heavy atom. The number of aromatic nitrogens is 1. The van der Waals surface area contributed by atoms with Gasteiger partial charge < -0.3 is 4.90 Å². The minimum Gasteiger partial charge on any atom is -0.308 e. The highest BCUT2D eigenvalue weighted by Crippen LogP contribution is 2.32. The van der Waals surface area contributed by atoms with Crippen LogP contribution in [0.5, 0.6) is 0 Å². The molecular weight excluding hydrogens is 389 g/mol. The molecule has 138 valence electrons. The van der Waals surface area contributed by atoms with Gasteiger partial charge in [-0.15, -0.1) is 12.4 Å². The minimum absolute atomic E-state index is 0. The fourth-order valence-corrected chi connectivity index (χ4v) is 3.84. The van der Waals surface area contributed by atoms with E-state index in [0.29, 0.717) is 22.3 Å². The number of hydrogen-bond acceptors (Lipinski definition) is 4. The van der Waals surface area contributed by atoms with Crippen LogP contribution in [-0.2, 0) is 0 Å². The lowest BCUT2D eigenvalue weighted by Gasteiger charge is -2.22. The van der Waals surface area contributed by atoms with Crippen molar-refractivity contribution < 1.29 is 4.79 Å². The van der Waals surface area contributed by atoms with Gasteiger partial charge in [0.15, 0.2) is 5.13 Å². The Balaban J connectivity index is 0.00000243. The van der Waals surface area contributed by atoms with Crippen molar-refractivity contribution in [3.05, 3.63) is 58.6 Å². The molecule has 0 unspecified atom stereocenters. The van der Waals surface area contributed by atoms with Crippen molar-refractivity contribution in [1.82, 2.24) is 9.88 Å². The van der Waals surface area contributed by atoms with E-state index in [1.165, 1.54) is 11.3 Å². The number of nitrogens with zero attached hydrogens (tertiary/aromatic N) is 3. The van der Waals surface area contributed by atoms with Crippen LogP contribution in [0.1, 0.15) is 15.9 Å². The van der Waals surface area contributed by atoms with Gasteiger partial charge in [-0.1, -0.05) is 47.2 Å². The maximum atomic E-state index is 13.1. The highest BCUT2D eigenvalue weighted by Gasteiger charge is 2.23.